The summed E-state index contributed by atoms with van der Waals surface area (Å²) < 4.78 is 6.41. The van der Waals surface area contributed by atoms with Crippen LogP contribution in [-0.4, -0.2) is 24.8 Å². The average Bonchev–Trinajstić information content (AvgIpc) is 2.46. The van der Waals surface area contributed by atoms with Gasteiger partial charge in [0.25, 0.3) is 0 Å². The molecule has 2 unspecified atom stereocenters. The van der Waals surface area contributed by atoms with Gasteiger partial charge in [0, 0.05) is 12.6 Å². The van der Waals surface area contributed by atoms with Crippen molar-refractivity contribution < 1.29 is 4.74 Å². The first-order chi connectivity index (χ1) is 9.89. The van der Waals surface area contributed by atoms with E-state index in [2.05, 4.69) is 46.9 Å². The lowest BCUT2D eigenvalue weighted by Crippen LogP contribution is -2.56. The van der Waals surface area contributed by atoms with Crippen molar-refractivity contribution in [3.63, 3.8) is 0 Å². The van der Waals surface area contributed by atoms with E-state index in [0.717, 1.165) is 19.1 Å². The van der Waals surface area contributed by atoms with Crippen molar-refractivity contribution >= 4 is 0 Å². The van der Waals surface area contributed by atoms with Crippen molar-refractivity contribution in [3.8, 4) is 0 Å². The van der Waals surface area contributed by atoms with Crippen LogP contribution in [0.5, 0.6) is 0 Å². The highest BCUT2D eigenvalue weighted by Gasteiger charge is 2.44. The van der Waals surface area contributed by atoms with E-state index < -0.39 is 0 Å². The quantitative estimate of drug-likeness (QED) is 0.634. The lowest BCUT2D eigenvalue weighted by Gasteiger charge is -2.48. The Balaban J connectivity index is 2.85. The maximum absolute atomic E-state index is 6.41. The van der Waals surface area contributed by atoms with Crippen LogP contribution < -0.4 is 5.32 Å². The normalized spacial score (nSPS) is 23.7. The lowest BCUT2D eigenvalue weighted by molar-refractivity contribution is -0.110. The molecule has 21 heavy (non-hydrogen) atoms. The molecule has 2 atom stereocenters. The first-order valence-corrected chi connectivity index (χ1v) is 9.26. The molecule has 0 aromatic heterocycles. The van der Waals surface area contributed by atoms with E-state index in [1.165, 1.54) is 44.9 Å². The Hall–Kier alpha value is -0.0800. The molecule has 1 fully saturated rings. The highest BCUT2D eigenvalue weighted by Crippen LogP contribution is 2.44. The minimum Gasteiger partial charge on any atom is -0.374 e. The van der Waals surface area contributed by atoms with Gasteiger partial charge >= 0.3 is 0 Å². The van der Waals surface area contributed by atoms with Gasteiger partial charge < -0.3 is 10.1 Å². The van der Waals surface area contributed by atoms with Crippen LogP contribution in [0.3, 0.4) is 0 Å². The smallest absolute Gasteiger partial charge is 0.0835 e. The van der Waals surface area contributed by atoms with Crippen molar-refractivity contribution in [2.24, 2.45) is 11.3 Å². The maximum atomic E-state index is 6.41. The molecular weight excluding hydrogens is 258 g/mol. The summed E-state index contributed by atoms with van der Waals surface area (Å²) in [5.74, 6) is 0.770. The monoisotopic (exact) mass is 297 g/mol. The molecule has 126 valence electrons. The van der Waals surface area contributed by atoms with Gasteiger partial charge in [-0.3, -0.25) is 0 Å². The molecule has 0 spiro atoms. The molecule has 0 aromatic carbocycles. The molecular formula is C19H39NO. The third-order valence-electron chi connectivity index (χ3n) is 5.49. The predicted octanol–water partition coefficient (Wildman–Crippen LogP) is 5.17. The third-order valence-corrected chi connectivity index (χ3v) is 5.49. The number of nitrogens with one attached hydrogen (secondary N) is 1. The number of hydrogen-bond acceptors (Lipinski definition) is 2. The van der Waals surface area contributed by atoms with Gasteiger partial charge in [-0.2, -0.15) is 0 Å². The van der Waals surface area contributed by atoms with E-state index >= 15 is 0 Å². The SMILES string of the molecule is CCCNC(CC(C)CC)C1(OCC)CCC(C)(C)CC1. The van der Waals surface area contributed by atoms with Gasteiger partial charge in [0.15, 0.2) is 0 Å². The fraction of sp³-hybridized carbons (Fsp3) is 1.00. The molecule has 0 radical (unpaired) electrons. The summed E-state index contributed by atoms with van der Waals surface area (Å²) >= 11 is 0. The predicted molar refractivity (Wildman–Crippen MR) is 92.8 cm³/mol. The molecule has 1 aliphatic carbocycles. The summed E-state index contributed by atoms with van der Waals surface area (Å²) in [5, 5.41) is 3.83. The van der Waals surface area contributed by atoms with Gasteiger partial charge in [-0.1, -0.05) is 41.0 Å². The summed E-state index contributed by atoms with van der Waals surface area (Å²) in [6.07, 6.45) is 8.71. The molecule has 0 saturated heterocycles. The molecule has 0 amide bonds. The summed E-state index contributed by atoms with van der Waals surface area (Å²) in [7, 11) is 0. The van der Waals surface area contributed by atoms with Crippen LogP contribution in [0.1, 0.15) is 86.5 Å². The molecule has 0 aliphatic heterocycles. The van der Waals surface area contributed by atoms with E-state index in [0.29, 0.717) is 11.5 Å². The topological polar surface area (TPSA) is 21.3 Å². The average molecular weight is 298 g/mol. The van der Waals surface area contributed by atoms with Gasteiger partial charge in [-0.15, -0.1) is 0 Å². The second kappa shape index (κ2) is 8.53. The van der Waals surface area contributed by atoms with Gasteiger partial charge in [-0.25, -0.2) is 0 Å². The zero-order chi connectivity index (χ0) is 15.9. The van der Waals surface area contributed by atoms with Crippen LogP contribution in [-0.2, 0) is 4.74 Å². The van der Waals surface area contributed by atoms with Crippen LogP contribution in [0.15, 0.2) is 0 Å². The van der Waals surface area contributed by atoms with Crippen molar-refractivity contribution in [2.75, 3.05) is 13.2 Å². The Bertz CT molecular complexity index is 277. The largest absolute Gasteiger partial charge is 0.374 e. The van der Waals surface area contributed by atoms with Gasteiger partial charge in [0.1, 0.15) is 0 Å². The van der Waals surface area contributed by atoms with E-state index in [4.69, 9.17) is 4.74 Å². The third kappa shape index (κ3) is 5.56. The Labute approximate surface area is 133 Å². The molecule has 0 aromatic rings. The molecule has 1 aliphatic rings. The second-order valence-electron chi connectivity index (χ2n) is 7.92. The number of rotatable bonds is 9. The van der Waals surface area contributed by atoms with E-state index in [9.17, 15) is 0 Å². The molecule has 0 heterocycles. The molecule has 1 saturated carbocycles. The Morgan fingerprint density at radius 2 is 1.67 bits per heavy atom. The van der Waals surface area contributed by atoms with E-state index in [1.807, 2.05) is 0 Å². The Morgan fingerprint density at radius 3 is 2.14 bits per heavy atom. The second-order valence-corrected chi connectivity index (χ2v) is 7.92. The lowest BCUT2D eigenvalue weighted by atomic mass is 9.67. The standard InChI is InChI=1S/C19H39NO/c1-7-14-20-17(15-16(4)8-2)19(21-9-3)12-10-18(5,6)11-13-19/h16-17,20H,7-15H2,1-6H3. The summed E-state index contributed by atoms with van der Waals surface area (Å²) in [5.41, 5.74) is 0.565. The molecule has 1 rings (SSSR count). The maximum Gasteiger partial charge on any atom is 0.0835 e. The van der Waals surface area contributed by atoms with Gasteiger partial charge in [0.2, 0.25) is 0 Å². The minimum atomic E-state index is 0.0723. The first kappa shape index (κ1) is 19.0. The van der Waals surface area contributed by atoms with E-state index in [1.54, 1.807) is 0 Å². The fourth-order valence-corrected chi connectivity index (χ4v) is 3.60. The highest BCUT2D eigenvalue weighted by molar-refractivity contribution is 4.99. The zero-order valence-corrected chi connectivity index (χ0v) is 15.4. The summed E-state index contributed by atoms with van der Waals surface area (Å²) in [6.45, 7) is 15.9. The molecule has 0 bridgehead atoms. The van der Waals surface area contributed by atoms with Crippen LogP contribution in [0.4, 0.5) is 0 Å². The van der Waals surface area contributed by atoms with Crippen molar-refractivity contribution in [1.29, 1.82) is 0 Å². The van der Waals surface area contributed by atoms with Crippen molar-refractivity contribution in [1.82, 2.24) is 5.32 Å². The number of hydrogen-bond donors (Lipinski definition) is 1. The Kier molecular flexibility index (Phi) is 7.70. The van der Waals surface area contributed by atoms with E-state index in [-0.39, 0.29) is 5.60 Å². The summed E-state index contributed by atoms with van der Waals surface area (Å²) in [4.78, 5) is 0. The Morgan fingerprint density at radius 1 is 1.05 bits per heavy atom. The van der Waals surface area contributed by atoms with Gasteiger partial charge in [0.05, 0.1) is 5.60 Å². The fourth-order valence-electron chi connectivity index (χ4n) is 3.60. The first-order valence-electron chi connectivity index (χ1n) is 9.26. The highest BCUT2D eigenvalue weighted by atomic mass is 16.5. The minimum absolute atomic E-state index is 0.0723. The van der Waals surface area contributed by atoms with Crippen LogP contribution in [0.25, 0.3) is 0 Å². The van der Waals surface area contributed by atoms with Crippen LogP contribution >= 0.6 is 0 Å². The van der Waals surface area contributed by atoms with Crippen LogP contribution in [0.2, 0.25) is 0 Å². The zero-order valence-electron chi connectivity index (χ0n) is 15.4. The van der Waals surface area contributed by atoms with Crippen LogP contribution in [0, 0.1) is 11.3 Å². The molecule has 2 heteroatoms. The van der Waals surface area contributed by atoms with Crippen molar-refractivity contribution in [2.45, 2.75) is 98.1 Å². The number of ether oxygens (including phenoxy) is 1. The van der Waals surface area contributed by atoms with Gasteiger partial charge in [-0.05, 0) is 63.3 Å². The summed E-state index contributed by atoms with van der Waals surface area (Å²) in [6, 6.07) is 0.517. The van der Waals surface area contributed by atoms with Crippen molar-refractivity contribution in [3.05, 3.63) is 0 Å². The molecule has 2 nitrogen and oxygen atoms in total. The molecule has 1 N–H and O–H groups in total.